The first-order chi connectivity index (χ1) is 11.5. The lowest BCUT2D eigenvalue weighted by atomic mass is 10.1. The standard InChI is InChI=1S/C17H17FN2O3S/c18-14-7-3-5-13(11-14)6-4-10-19-24(21,22)12-16-15-8-1-2-9-17(15)23-20-16/h1-3,5,7-9,11,19H,4,6,10,12H2. The van der Waals surface area contributed by atoms with Crippen LogP contribution >= 0.6 is 0 Å². The number of aryl methyl sites for hydroxylation is 1. The minimum atomic E-state index is -3.51. The first-order valence-corrected chi connectivity index (χ1v) is 9.24. The van der Waals surface area contributed by atoms with Crippen LogP contribution in [0.3, 0.4) is 0 Å². The van der Waals surface area contributed by atoms with Gasteiger partial charge in [0.05, 0.1) is 0 Å². The highest BCUT2D eigenvalue weighted by atomic mass is 32.2. The molecule has 0 aliphatic rings. The van der Waals surface area contributed by atoms with Gasteiger partial charge in [-0.1, -0.05) is 29.4 Å². The molecule has 7 heteroatoms. The van der Waals surface area contributed by atoms with Gasteiger partial charge in [-0.05, 0) is 42.7 Å². The molecule has 1 N–H and O–H groups in total. The van der Waals surface area contributed by atoms with Gasteiger partial charge in [-0.3, -0.25) is 0 Å². The molecule has 0 radical (unpaired) electrons. The van der Waals surface area contributed by atoms with Gasteiger partial charge in [0.25, 0.3) is 0 Å². The molecule has 0 saturated carbocycles. The van der Waals surface area contributed by atoms with Crippen LogP contribution in [-0.4, -0.2) is 20.1 Å². The summed E-state index contributed by atoms with van der Waals surface area (Å²) in [4.78, 5) is 0. The summed E-state index contributed by atoms with van der Waals surface area (Å²) in [6.07, 6.45) is 1.19. The van der Waals surface area contributed by atoms with Crippen LogP contribution in [0, 0.1) is 5.82 Å². The maximum absolute atomic E-state index is 13.1. The summed E-state index contributed by atoms with van der Waals surface area (Å²) < 4.78 is 45.0. The molecule has 0 aliphatic heterocycles. The van der Waals surface area contributed by atoms with Gasteiger partial charge < -0.3 is 4.52 Å². The van der Waals surface area contributed by atoms with E-state index in [4.69, 9.17) is 4.52 Å². The van der Waals surface area contributed by atoms with Crippen molar-refractivity contribution in [3.8, 4) is 0 Å². The maximum atomic E-state index is 13.1. The third-order valence-corrected chi connectivity index (χ3v) is 4.93. The van der Waals surface area contributed by atoms with Gasteiger partial charge >= 0.3 is 0 Å². The van der Waals surface area contributed by atoms with Gasteiger partial charge in [-0.2, -0.15) is 0 Å². The first kappa shape index (κ1) is 16.6. The van der Waals surface area contributed by atoms with Crippen LogP contribution in [0.15, 0.2) is 53.1 Å². The fourth-order valence-corrected chi connectivity index (χ4v) is 3.61. The van der Waals surface area contributed by atoms with Gasteiger partial charge in [0.15, 0.2) is 5.58 Å². The minimum Gasteiger partial charge on any atom is -0.356 e. The molecule has 1 heterocycles. The highest BCUT2D eigenvalue weighted by Crippen LogP contribution is 2.19. The van der Waals surface area contributed by atoms with Gasteiger partial charge in [0, 0.05) is 11.9 Å². The third-order valence-electron chi connectivity index (χ3n) is 3.63. The summed E-state index contributed by atoms with van der Waals surface area (Å²) in [5, 5.41) is 4.53. The van der Waals surface area contributed by atoms with E-state index in [1.165, 1.54) is 12.1 Å². The Morgan fingerprint density at radius 1 is 1.12 bits per heavy atom. The smallest absolute Gasteiger partial charge is 0.217 e. The van der Waals surface area contributed by atoms with Crippen LogP contribution in [0.4, 0.5) is 4.39 Å². The highest BCUT2D eigenvalue weighted by Gasteiger charge is 2.16. The number of benzene rings is 2. The quantitative estimate of drug-likeness (QED) is 0.666. The van der Waals surface area contributed by atoms with Crippen LogP contribution in [0.1, 0.15) is 17.7 Å². The predicted octanol–water partition coefficient (Wildman–Crippen LogP) is 3.02. The molecule has 0 atom stereocenters. The summed E-state index contributed by atoms with van der Waals surface area (Å²) >= 11 is 0. The second kappa shape index (κ2) is 7.11. The number of nitrogens with one attached hydrogen (secondary N) is 1. The fraction of sp³-hybridized carbons (Fsp3) is 0.235. The van der Waals surface area contributed by atoms with E-state index in [-0.39, 0.29) is 18.1 Å². The largest absolute Gasteiger partial charge is 0.356 e. The van der Waals surface area contributed by atoms with Crippen molar-refractivity contribution in [1.82, 2.24) is 9.88 Å². The van der Waals surface area contributed by atoms with E-state index < -0.39 is 10.0 Å². The Bertz CT molecular complexity index is 938. The van der Waals surface area contributed by atoms with E-state index in [0.29, 0.717) is 29.5 Å². The van der Waals surface area contributed by atoms with Gasteiger partial charge in [0.2, 0.25) is 10.0 Å². The zero-order valence-corrected chi connectivity index (χ0v) is 13.7. The number of hydrogen-bond donors (Lipinski definition) is 1. The zero-order chi connectivity index (χ0) is 17.0. The third kappa shape index (κ3) is 4.18. The molecule has 3 rings (SSSR count). The topological polar surface area (TPSA) is 72.2 Å². The number of aromatic nitrogens is 1. The number of halogens is 1. The summed E-state index contributed by atoms with van der Waals surface area (Å²) in [7, 11) is -3.51. The molecule has 1 aromatic heterocycles. The van der Waals surface area contributed by atoms with Gasteiger partial charge in [0.1, 0.15) is 17.3 Å². The van der Waals surface area contributed by atoms with E-state index in [2.05, 4.69) is 9.88 Å². The van der Waals surface area contributed by atoms with Crippen molar-refractivity contribution in [2.75, 3.05) is 6.54 Å². The van der Waals surface area contributed by atoms with E-state index in [9.17, 15) is 12.8 Å². The molecule has 0 aliphatic carbocycles. The molecule has 0 spiro atoms. The Morgan fingerprint density at radius 3 is 2.79 bits per heavy atom. The van der Waals surface area contributed by atoms with Crippen molar-refractivity contribution in [1.29, 1.82) is 0 Å². The average molecular weight is 348 g/mol. The molecule has 24 heavy (non-hydrogen) atoms. The number of nitrogens with zero attached hydrogens (tertiary/aromatic N) is 1. The van der Waals surface area contributed by atoms with Crippen molar-refractivity contribution >= 4 is 21.0 Å². The second-order valence-electron chi connectivity index (χ2n) is 5.51. The van der Waals surface area contributed by atoms with Crippen LogP contribution in [0.25, 0.3) is 11.0 Å². The molecule has 3 aromatic rings. The Morgan fingerprint density at radius 2 is 1.96 bits per heavy atom. The molecule has 0 saturated heterocycles. The van der Waals surface area contributed by atoms with E-state index in [1.807, 2.05) is 12.1 Å². The molecule has 5 nitrogen and oxygen atoms in total. The number of fused-ring (bicyclic) bond motifs is 1. The first-order valence-electron chi connectivity index (χ1n) is 7.58. The fourth-order valence-electron chi connectivity index (χ4n) is 2.49. The van der Waals surface area contributed by atoms with Gasteiger partial charge in [-0.25, -0.2) is 17.5 Å². The summed E-state index contributed by atoms with van der Waals surface area (Å²) in [5.41, 5.74) is 1.80. The molecule has 0 fully saturated rings. The molecule has 0 bridgehead atoms. The van der Waals surface area contributed by atoms with E-state index in [1.54, 1.807) is 24.3 Å². The molecule has 2 aromatic carbocycles. The molecule has 0 unspecified atom stereocenters. The lowest BCUT2D eigenvalue weighted by molar-refractivity contribution is 0.448. The highest BCUT2D eigenvalue weighted by molar-refractivity contribution is 7.88. The number of para-hydroxylation sites is 1. The maximum Gasteiger partial charge on any atom is 0.217 e. The van der Waals surface area contributed by atoms with Crippen molar-refractivity contribution in [2.24, 2.45) is 0 Å². The molecule has 0 amide bonds. The average Bonchev–Trinajstić information content (AvgIpc) is 2.94. The lowest BCUT2D eigenvalue weighted by Crippen LogP contribution is -2.26. The molecule has 126 valence electrons. The Balaban J connectivity index is 1.54. The predicted molar refractivity (Wildman–Crippen MR) is 89.4 cm³/mol. The lowest BCUT2D eigenvalue weighted by Gasteiger charge is -2.05. The molecular formula is C17H17FN2O3S. The van der Waals surface area contributed by atoms with E-state index in [0.717, 1.165) is 5.56 Å². The minimum absolute atomic E-state index is 0.232. The Labute approximate surface area is 139 Å². The van der Waals surface area contributed by atoms with Gasteiger partial charge in [-0.15, -0.1) is 0 Å². The van der Waals surface area contributed by atoms with Crippen molar-refractivity contribution in [2.45, 2.75) is 18.6 Å². The zero-order valence-electron chi connectivity index (χ0n) is 12.9. The van der Waals surface area contributed by atoms with Crippen molar-refractivity contribution < 1.29 is 17.3 Å². The van der Waals surface area contributed by atoms with Crippen molar-refractivity contribution in [3.05, 3.63) is 65.6 Å². The summed E-state index contributed by atoms with van der Waals surface area (Å²) in [6, 6.07) is 13.4. The van der Waals surface area contributed by atoms with E-state index >= 15 is 0 Å². The monoisotopic (exact) mass is 348 g/mol. The van der Waals surface area contributed by atoms with Crippen LogP contribution < -0.4 is 4.72 Å². The Kier molecular flexibility index (Phi) is 4.92. The number of rotatable bonds is 7. The summed E-state index contributed by atoms with van der Waals surface area (Å²) in [5.74, 6) is -0.518. The Hall–Kier alpha value is -2.25. The normalized spacial score (nSPS) is 11.9. The SMILES string of the molecule is O=S(=O)(Cc1noc2ccccc12)NCCCc1cccc(F)c1. The second-order valence-corrected chi connectivity index (χ2v) is 7.32. The number of sulfonamides is 1. The summed E-state index contributed by atoms with van der Waals surface area (Å²) in [6.45, 7) is 0.286. The van der Waals surface area contributed by atoms with Crippen molar-refractivity contribution in [3.63, 3.8) is 0 Å². The number of hydrogen-bond acceptors (Lipinski definition) is 4. The van der Waals surface area contributed by atoms with Crippen LogP contribution in [0.2, 0.25) is 0 Å². The van der Waals surface area contributed by atoms with Crippen LogP contribution in [-0.2, 0) is 22.2 Å². The molecular weight excluding hydrogens is 331 g/mol. The van der Waals surface area contributed by atoms with Crippen LogP contribution in [0.5, 0.6) is 0 Å².